The predicted octanol–water partition coefficient (Wildman–Crippen LogP) is 0.281. The number of aryl methyl sites for hydroxylation is 1. The fraction of sp³-hybridized carbons (Fsp3) is 0.500. The molecule has 0 bridgehead atoms. The Labute approximate surface area is 71.2 Å². The van der Waals surface area contributed by atoms with Gasteiger partial charge in [0, 0.05) is 0 Å². The number of carbonyl (C=O) groups is 1. The summed E-state index contributed by atoms with van der Waals surface area (Å²) in [4.78, 5) is 17.4. The van der Waals surface area contributed by atoms with E-state index in [1.54, 1.807) is 6.92 Å². The third-order valence-corrected chi connectivity index (χ3v) is 1.90. The Kier molecular flexibility index (Phi) is 2.28. The summed E-state index contributed by atoms with van der Waals surface area (Å²) >= 11 is 0. The number of nitrogens with zero attached hydrogens (tertiary/aromatic N) is 1. The van der Waals surface area contributed by atoms with Gasteiger partial charge in [0.15, 0.2) is 0 Å². The molecule has 0 saturated carbocycles. The summed E-state index contributed by atoms with van der Waals surface area (Å²) in [5.41, 5.74) is 5.36. The highest BCUT2D eigenvalue weighted by Crippen LogP contribution is 2.16. The lowest BCUT2D eigenvalue weighted by Gasteiger charge is -2.17. The molecule has 1 radical (unpaired) electrons. The number of hydrogen-bond donors (Lipinski definition) is 2. The number of aromatic amines is 1. The number of aromatic nitrogens is 2. The van der Waals surface area contributed by atoms with Crippen LogP contribution < -0.4 is 5.73 Å². The number of imidazole rings is 1. The fourth-order valence-corrected chi connectivity index (χ4v) is 0.916. The molecule has 0 amide bonds. The molecule has 12 heavy (non-hydrogen) atoms. The van der Waals surface area contributed by atoms with Crippen LogP contribution in [-0.2, 0) is 10.3 Å². The van der Waals surface area contributed by atoms with Gasteiger partial charge >= 0.3 is 0 Å². The lowest BCUT2D eigenvalue weighted by molar-refractivity contribution is -0.112. The van der Waals surface area contributed by atoms with E-state index in [1.807, 2.05) is 6.92 Å². The molecule has 0 spiro atoms. The van der Waals surface area contributed by atoms with E-state index in [0.29, 0.717) is 12.1 Å². The second kappa shape index (κ2) is 3.06. The maximum atomic E-state index is 10.7. The average molecular weight is 166 g/mol. The van der Waals surface area contributed by atoms with Crippen LogP contribution in [0, 0.1) is 13.1 Å². The van der Waals surface area contributed by atoms with Crippen LogP contribution in [0.25, 0.3) is 0 Å². The van der Waals surface area contributed by atoms with Crippen molar-refractivity contribution in [3.05, 3.63) is 17.7 Å². The topological polar surface area (TPSA) is 71.8 Å². The van der Waals surface area contributed by atoms with Crippen LogP contribution in [-0.4, -0.2) is 16.3 Å². The van der Waals surface area contributed by atoms with Crippen molar-refractivity contribution in [2.45, 2.75) is 25.8 Å². The van der Waals surface area contributed by atoms with Crippen molar-refractivity contribution in [3.63, 3.8) is 0 Å². The van der Waals surface area contributed by atoms with E-state index in [1.165, 1.54) is 0 Å². The lowest BCUT2D eigenvalue weighted by atomic mass is 9.96. The summed E-state index contributed by atoms with van der Waals surface area (Å²) in [7, 11) is 0. The Balaban J connectivity index is 3.02. The van der Waals surface area contributed by atoms with Gasteiger partial charge in [0.2, 0.25) is 0 Å². The quantitative estimate of drug-likeness (QED) is 0.633. The molecule has 1 rings (SSSR count). The highest BCUT2D eigenvalue weighted by molar-refractivity contribution is 5.65. The number of nitrogens with two attached hydrogens (primary N) is 1. The van der Waals surface area contributed by atoms with Gasteiger partial charge in [0.25, 0.3) is 0 Å². The first-order chi connectivity index (χ1) is 5.62. The molecular formula is C8H12N3O. The Morgan fingerprint density at radius 1 is 1.83 bits per heavy atom. The Hall–Kier alpha value is -1.16. The minimum absolute atomic E-state index is 0.536. The standard InChI is InChI=1S/C8H12N3O/c1-3-8(9,5-12)7-4-10-6(2)11-7/h5H,3,9H2,1-2H3,(H,10,11). The van der Waals surface area contributed by atoms with E-state index < -0.39 is 5.54 Å². The third-order valence-electron chi connectivity index (χ3n) is 1.90. The SMILES string of the molecule is CCC(N)(C=O)c1[c]nc(C)[nH]1. The molecule has 4 nitrogen and oxygen atoms in total. The Morgan fingerprint density at radius 3 is 2.83 bits per heavy atom. The summed E-state index contributed by atoms with van der Waals surface area (Å²) in [5, 5.41) is 0. The van der Waals surface area contributed by atoms with Crippen LogP contribution in [0.1, 0.15) is 24.9 Å². The largest absolute Gasteiger partial charge is 0.344 e. The number of rotatable bonds is 3. The molecule has 0 saturated heterocycles. The molecule has 1 aromatic rings. The van der Waals surface area contributed by atoms with Crippen LogP contribution in [0.5, 0.6) is 0 Å². The molecule has 0 aliphatic rings. The van der Waals surface area contributed by atoms with Crippen molar-refractivity contribution in [2.75, 3.05) is 0 Å². The molecule has 4 heteroatoms. The van der Waals surface area contributed by atoms with Crippen LogP contribution >= 0.6 is 0 Å². The van der Waals surface area contributed by atoms with Crippen LogP contribution in [0.2, 0.25) is 0 Å². The van der Waals surface area contributed by atoms with E-state index in [9.17, 15) is 4.79 Å². The van der Waals surface area contributed by atoms with Crippen LogP contribution in [0.15, 0.2) is 0 Å². The number of nitrogens with one attached hydrogen (secondary N) is 1. The zero-order valence-electron chi connectivity index (χ0n) is 7.22. The Morgan fingerprint density at radius 2 is 2.50 bits per heavy atom. The highest BCUT2D eigenvalue weighted by atomic mass is 16.1. The van der Waals surface area contributed by atoms with E-state index in [2.05, 4.69) is 16.2 Å². The summed E-state index contributed by atoms with van der Waals surface area (Å²) in [6.45, 7) is 3.64. The van der Waals surface area contributed by atoms with Gasteiger partial charge in [0.1, 0.15) is 23.8 Å². The molecular weight excluding hydrogens is 154 g/mol. The number of H-pyrrole nitrogens is 1. The summed E-state index contributed by atoms with van der Waals surface area (Å²) in [5.74, 6) is 0.718. The van der Waals surface area contributed by atoms with Gasteiger partial charge in [-0.1, -0.05) is 6.92 Å². The maximum absolute atomic E-state index is 10.7. The summed E-state index contributed by atoms with van der Waals surface area (Å²) in [6.07, 6.45) is 3.94. The number of carbonyl (C=O) groups excluding carboxylic acids is 1. The first kappa shape index (κ1) is 8.93. The van der Waals surface area contributed by atoms with Crippen molar-refractivity contribution >= 4 is 6.29 Å². The van der Waals surface area contributed by atoms with Gasteiger partial charge in [0.05, 0.1) is 5.69 Å². The van der Waals surface area contributed by atoms with Gasteiger partial charge in [-0.05, 0) is 13.3 Å². The summed E-state index contributed by atoms with van der Waals surface area (Å²) in [6, 6.07) is 0. The first-order valence-corrected chi connectivity index (χ1v) is 3.82. The minimum Gasteiger partial charge on any atom is -0.344 e. The van der Waals surface area contributed by atoms with E-state index in [0.717, 1.165) is 12.1 Å². The monoisotopic (exact) mass is 166 g/mol. The van der Waals surface area contributed by atoms with Gasteiger partial charge in [-0.15, -0.1) is 0 Å². The maximum Gasteiger partial charge on any atom is 0.145 e. The second-order valence-corrected chi connectivity index (χ2v) is 2.82. The molecule has 1 unspecified atom stereocenters. The molecule has 0 aromatic carbocycles. The van der Waals surface area contributed by atoms with Crippen LogP contribution in [0.4, 0.5) is 0 Å². The van der Waals surface area contributed by atoms with E-state index in [-0.39, 0.29) is 0 Å². The molecule has 1 aromatic heterocycles. The average Bonchev–Trinajstić information content (AvgIpc) is 2.51. The number of aldehydes is 1. The van der Waals surface area contributed by atoms with Crippen molar-refractivity contribution in [3.8, 4) is 0 Å². The second-order valence-electron chi connectivity index (χ2n) is 2.82. The zero-order valence-corrected chi connectivity index (χ0v) is 7.22. The van der Waals surface area contributed by atoms with Gasteiger partial charge in [-0.3, -0.25) is 0 Å². The predicted molar refractivity (Wildman–Crippen MR) is 44.4 cm³/mol. The lowest BCUT2D eigenvalue weighted by Crippen LogP contribution is -2.38. The smallest absolute Gasteiger partial charge is 0.145 e. The summed E-state index contributed by atoms with van der Waals surface area (Å²) < 4.78 is 0. The highest BCUT2D eigenvalue weighted by Gasteiger charge is 2.26. The molecule has 0 fully saturated rings. The normalized spacial score (nSPS) is 15.6. The van der Waals surface area contributed by atoms with Crippen LogP contribution in [0.3, 0.4) is 0 Å². The van der Waals surface area contributed by atoms with Crippen molar-refractivity contribution in [1.82, 2.24) is 9.97 Å². The zero-order chi connectivity index (χ0) is 9.19. The Bertz CT molecular complexity index is 282. The molecule has 0 aliphatic carbocycles. The first-order valence-electron chi connectivity index (χ1n) is 3.82. The van der Waals surface area contributed by atoms with Crippen molar-refractivity contribution in [2.24, 2.45) is 5.73 Å². The van der Waals surface area contributed by atoms with E-state index >= 15 is 0 Å². The minimum atomic E-state index is -0.957. The van der Waals surface area contributed by atoms with Gasteiger partial charge < -0.3 is 15.5 Å². The van der Waals surface area contributed by atoms with Gasteiger partial charge in [-0.2, -0.15) is 0 Å². The third kappa shape index (κ3) is 1.38. The van der Waals surface area contributed by atoms with Crippen molar-refractivity contribution in [1.29, 1.82) is 0 Å². The van der Waals surface area contributed by atoms with E-state index in [4.69, 9.17) is 5.73 Å². The molecule has 3 N–H and O–H groups in total. The van der Waals surface area contributed by atoms with Gasteiger partial charge in [-0.25, -0.2) is 4.98 Å². The fourth-order valence-electron chi connectivity index (χ4n) is 0.916. The molecule has 65 valence electrons. The molecule has 0 aliphatic heterocycles. The molecule has 1 heterocycles. The molecule has 1 atom stereocenters. The van der Waals surface area contributed by atoms with Crippen molar-refractivity contribution < 1.29 is 4.79 Å². The number of hydrogen-bond acceptors (Lipinski definition) is 3.